The molecule has 0 amide bonds. The molecule has 2 aromatic rings. The first-order valence-corrected chi connectivity index (χ1v) is 6.37. The van der Waals surface area contributed by atoms with Gasteiger partial charge in [-0.05, 0) is 0 Å². The zero-order valence-electron chi connectivity index (χ0n) is 11.2. The van der Waals surface area contributed by atoms with Crippen LogP contribution in [0.1, 0.15) is 6.23 Å². The fraction of sp³-hybridized carbons (Fsp3) is 0.545. The van der Waals surface area contributed by atoms with Gasteiger partial charge in [0.25, 0.3) is 0 Å². The van der Waals surface area contributed by atoms with Gasteiger partial charge in [-0.1, -0.05) is 0 Å². The largest absolute Gasteiger partial charge is 0.394 e. The fourth-order valence-electron chi connectivity index (χ4n) is 2.40. The van der Waals surface area contributed by atoms with E-state index < -0.39 is 31.1 Å². The van der Waals surface area contributed by atoms with Crippen molar-refractivity contribution < 1.29 is 20.1 Å². The van der Waals surface area contributed by atoms with Crippen LogP contribution < -0.4 is 11.1 Å². The van der Waals surface area contributed by atoms with Gasteiger partial charge in [-0.2, -0.15) is 9.97 Å². The van der Waals surface area contributed by atoms with Gasteiger partial charge in [-0.15, -0.1) is 0 Å². The topological polar surface area (TPSA) is 152 Å². The lowest BCUT2D eigenvalue weighted by molar-refractivity contribution is -0.0511. The van der Waals surface area contributed by atoms with Crippen LogP contribution in [0.2, 0.25) is 0 Å². The summed E-state index contributed by atoms with van der Waals surface area (Å²) < 4.78 is 6.91. The quantitative estimate of drug-likeness (QED) is 0.435. The van der Waals surface area contributed by atoms with Crippen LogP contribution >= 0.6 is 0 Å². The van der Waals surface area contributed by atoms with Crippen molar-refractivity contribution in [2.75, 3.05) is 24.7 Å². The second-order valence-electron chi connectivity index (χ2n) is 4.73. The highest BCUT2D eigenvalue weighted by Crippen LogP contribution is 2.32. The van der Waals surface area contributed by atoms with Crippen molar-refractivity contribution in [2.24, 2.45) is 0 Å². The number of aliphatic hydroxyl groups is 3. The van der Waals surface area contributed by atoms with Crippen molar-refractivity contribution in [1.29, 1.82) is 0 Å². The molecule has 0 saturated carbocycles. The van der Waals surface area contributed by atoms with Gasteiger partial charge in [-0.25, -0.2) is 4.98 Å². The molecule has 21 heavy (non-hydrogen) atoms. The maximum Gasteiger partial charge on any atom is 0.224 e. The molecule has 1 fully saturated rings. The number of aromatic nitrogens is 4. The van der Waals surface area contributed by atoms with Gasteiger partial charge in [0.1, 0.15) is 18.3 Å². The zero-order valence-corrected chi connectivity index (χ0v) is 11.2. The minimum absolute atomic E-state index is 0.0420. The Morgan fingerprint density at radius 2 is 2.14 bits per heavy atom. The second-order valence-corrected chi connectivity index (χ2v) is 4.73. The molecule has 10 nitrogen and oxygen atoms in total. The molecule has 2 aromatic heterocycles. The summed E-state index contributed by atoms with van der Waals surface area (Å²) in [4.78, 5) is 12.3. The molecule has 3 rings (SSSR count). The van der Waals surface area contributed by atoms with Crippen molar-refractivity contribution in [2.45, 2.75) is 24.5 Å². The number of nitrogens with zero attached hydrogens (tertiary/aromatic N) is 4. The Bertz CT molecular complexity index is 661. The number of rotatable bonds is 3. The summed E-state index contributed by atoms with van der Waals surface area (Å²) in [6, 6.07) is 0. The molecule has 114 valence electrons. The number of hydrogen-bond donors (Lipinski definition) is 5. The Labute approximate surface area is 119 Å². The Hall–Kier alpha value is -2.01. The van der Waals surface area contributed by atoms with Crippen LogP contribution in [0.15, 0.2) is 6.33 Å². The van der Waals surface area contributed by atoms with Crippen LogP contribution in [0.4, 0.5) is 11.8 Å². The van der Waals surface area contributed by atoms with Crippen LogP contribution in [-0.4, -0.2) is 66.8 Å². The monoisotopic (exact) mass is 296 g/mol. The van der Waals surface area contributed by atoms with Gasteiger partial charge in [0.15, 0.2) is 23.2 Å². The van der Waals surface area contributed by atoms with E-state index in [0.717, 1.165) is 0 Å². The zero-order chi connectivity index (χ0) is 15.1. The van der Waals surface area contributed by atoms with Gasteiger partial charge < -0.3 is 31.1 Å². The van der Waals surface area contributed by atoms with Crippen LogP contribution in [0.3, 0.4) is 0 Å². The lowest BCUT2D eigenvalue weighted by Crippen LogP contribution is -2.33. The summed E-state index contributed by atoms with van der Waals surface area (Å²) >= 11 is 0. The van der Waals surface area contributed by atoms with Crippen LogP contribution in [0.25, 0.3) is 11.2 Å². The molecular weight excluding hydrogens is 280 g/mol. The molecule has 3 heterocycles. The smallest absolute Gasteiger partial charge is 0.224 e. The van der Waals surface area contributed by atoms with E-state index in [9.17, 15) is 10.2 Å². The number of anilines is 2. The van der Waals surface area contributed by atoms with E-state index in [1.807, 2.05) is 0 Å². The molecule has 4 atom stereocenters. The number of aliphatic hydroxyl groups excluding tert-OH is 3. The Morgan fingerprint density at radius 3 is 2.76 bits per heavy atom. The number of hydrogen-bond acceptors (Lipinski definition) is 9. The molecule has 0 unspecified atom stereocenters. The third-order valence-corrected chi connectivity index (χ3v) is 3.47. The lowest BCUT2D eigenvalue weighted by atomic mass is 10.1. The van der Waals surface area contributed by atoms with E-state index in [0.29, 0.717) is 17.0 Å². The first kappa shape index (κ1) is 13.9. The van der Waals surface area contributed by atoms with Crippen molar-refractivity contribution in [1.82, 2.24) is 19.5 Å². The van der Waals surface area contributed by atoms with Gasteiger partial charge in [0.2, 0.25) is 5.95 Å². The summed E-state index contributed by atoms with van der Waals surface area (Å²) in [6.07, 6.45) is -2.78. The van der Waals surface area contributed by atoms with Crippen LogP contribution in [-0.2, 0) is 4.74 Å². The van der Waals surface area contributed by atoms with Gasteiger partial charge in [-0.3, -0.25) is 4.57 Å². The molecule has 0 spiro atoms. The number of imidazole rings is 1. The van der Waals surface area contributed by atoms with Crippen LogP contribution in [0.5, 0.6) is 0 Å². The first-order chi connectivity index (χ1) is 10.1. The molecule has 0 bridgehead atoms. The average Bonchev–Trinajstić information content (AvgIpc) is 3.01. The number of nitrogens with one attached hydrogen (secondary N) is 1. The fourth-order valence-corrected chi connectivity index (χ4v) is 2.40. The Kier molecular flexibility index (Phi) is 3.37. The molecule has 6 N–H and O–H groups in total. The minimum atomic E-state index is -1.21. The number of nitrogens with two attached hydrogens (primary N) is 1. The van der Waals surface area contributed by atoms with Gasteiger partial charge >= 0.3 is 0 Å². The summed E-state index contributed by atoms with van der Waals surface area (Å²) in [5, 5.41) is 31.9. The first-order valence-electron chi connectivity index (χ1n) is 6.37. The summed E-state index contributed by atoms with van der Waals surface area (Å²) in [7, 11) is 1.67. The highest BCUT2D eigenvalue weighted by atomic mass is 16.6. The number of nitrogen functional groups attached to an aromatic ring is 1. The van der Waals surface area contributed by atoms with E-state index in [1.165, 1.54) is 10.9 Å². The van der Waals surface area contributed by atoms with E-state index in [1.54, 1.807) is 7.05 Å². The normalized spacial score (nSPS) is 29.1. The molecular formula is C11H16N6O4. The predicted molar refractivity (Wildman–Crippen MR) is 72.3 cm³/mol. The van der Waals surface area contributed by atoms with Crippen LogP contribution in [0, 0.1) is 0 Å². The van der Waals surface area contributed by atoms with Crippen molar-refractivity contribution >= 4 is 22.9 Å². The standard InChI is InChI=1S/C11H16N6O4/c1-13-8-5-9(16-11(12)15-8)17(3-14-5)10-7(20)6(19)4(2-18)21-10/h3-4,6-7,10,18-20H,2H2,1H3,(H3,12,13,15,16)/t4-,6-,7+,10-/m1/s1. The third kappa shape index (κ3) is 2.08. The lowest BCUT2D eigenvalue weighted by Gasteiger charge is -2.16. The van der Waals surface area contributed by atoms with E-state index in [2.05, 4.69) is 20.3 Å². The van der Waals surface area contributed by atoms with Gasteiger partial charge in [0.05, 0.1) is 12.9 Å². The molecule has 1 saturated heterocycles. The van der Waals surface area contributed by atoms with E-state index >= 15 is 0 Å². The molecule has 10 heteroatoms. The Morgan fingerprint density at radius 1 is 1.38 bits per heavy atom. The molecule has 0 aliphatic carbocycles. The van der Waals surface area contributed by atoms with Crippen molar-refractivity contribution in [3.8, 4) is 0 Å². The molecule has 0 aromatic carbocycles. The van der Waals surface area contributed by atoms with Gasteiger partial charge in [0, 0.05) is 7.05 Å². The van der Waals surface area contributed by atoms with Crippen molar-refractivity contribution in [3.05, 3.63) is 6.33 Å². The number of fused-ring (bicyclic) bond motifs is 1. The maximum atomic E-state index is 10.1. The average molecular weight is 296 g/mol. The predicted octanol–water partition coefficient (Wildman–Crippen LogP) is -1.94. The minimum Gasteiger partial charge on any atom is -0.394 e. The number of ether oxygens (including phenoxy) is 1. The van der Waals surface area contributed by atoms with Crippen molar-refractivity contribution in [3.63, 3.8) is 0 Å². The molecule has 1 aliphatic rings. The van der Waals surface area contributed by atoms with E-state index in [-0.39, 0.29) is 5.95 Å². The molecule has 0 radical (unpaired) electrons. The SMILES string of the molecule is CNc1nc(N)nc2c1ncn2[C@@H]1O[C@H](CO)[C@@H](O)[C@@H]1O. The van der Waals surface area contributed by atoms with E-state index in [4.69, 9.17) is 15.6 Å². The Balaban J connectivity index is 2.07. The highest BCUT2D eigenvalue weighted by Gasteiger charge is 2.44. The second kappa shape index (κ2) is 5.07. The maximum absolute atomic E-state index is 10.1. The summed E-state index contributed by atoms with van der Waals surface area (Å²) in [6.45, 7) is -0.403. The summed E-state index contributed by atoms with van der Waals surface area (Å²) in [5.41, 5.74) is 6.47. The third-order valence-electron chi connectivity index (χ3n) is 3.47. The summed E-state index contributed by atoms with van der Waals surface area (Å²) in [5.74, 6) is 0.489. The molecule has 1 aliphatic heterocycles. The highest BCUT2D eigenvalue weighted by molar-refractivity contribution is 5.84.